The van der Waals surface area contributed by atoms with Crippen LogP contribution in [0.3, 0.4) is 0 Å². The summed E-state index contributed by atoms with van der Waals surface area (Å²) < 4.78 is 1.73. The number of hydrogen-bond acceptors (Lipinski definition) is 6. The molecule has 0 spiro atoms. The van der Waals surface area contributed by atoms with Crippen molar-refractivity contribution in [3.8, 4) is 0 Å². The number of nitrogens with zero attached hydrogens (tertiary/aromatic N) is 5. The van der Waals surface area contributed by atoms with Crippen molar-refractivity contribution in [3.63, 3.8) is 0 Å². The number of piperidine rings is 1. The Labute approximate surface area is 134 Å². The molecule has 0 aliphatic carbocycles. The number of nitrogens with one attached hydrogen (secondary N) is 2. The quantitative estimate of drug-likeness (QED) is 0.807. The summed E-state index contributed by atoms with van der Waals surface area (Å²) in [6, 6.07) is 2.30. The summed E-state index contributed by atoms with van der Waals surface area (Å²) in [6.07, 6.45) is 9.55. The zero-order valence-electron chi connectivity index (χ0n) is 13.0. The van der Waals surface area contributed by atoms with Gasteiger partial charge < -0.3 is 10.6 Å². The normalized spacial score (nSPS) is 17.8. The van der Waals surface area contributed by atoms with E-state index in [1.54, 1.807) is 23.1 Å². The SMILES string of the molecule is O=C(NCc1ccncn1)c1cn(CC[C@H]2CCCCN2)nn1. The van der Waals surface area contributed by atoms with Crippen molar-refractivity contribution in [1.82, 2.24) is 35.6 Å². The molecule has 8 nitrogen and oxygen atoms in total. The average molecular weight is 315 g/mol. The molecule has 122 valence electrons. The molecule has 1 amide bonds. The molecule has 3 heterocycles. The third-order valence-corrected chi connectivity index (χ3v) is 3.96. The average Bonchev–Trinajstić information content (AvgIpc) is 3.09. The van der Waals surface area contributed by atoms with Gasteiger partial charge >= 0.3 is 0 Å². The Morgan fingerprint density at radius 1 is 1.43 bits per heavy atom. The van der Waals surface area contributed by atoms with Crippen LogP contribution in [0, 0.1) is 0 Å². The van der Waals surface area contributed by atoms with Gasteiger partial charge in [-0.1, -0.05) is 11.6 Å². The standard InChI is InChI=1S/C15H21N7O/c23-15(18-9-13-4-7-16-11-19-13)14-10-22(21-20-14)8-5-12-3-1-2-6-17-12/h4,7,10-12,17H,1-3,5-6,8-9H2,(H,18,23)/t12-/m1/s1. The lowest BCUT2D eigenvalue weighted by Gasteiger charge is -2.23. The number of aromatic nitrogens is 5. The highest BCUT2D eigenvalue weighted by molar-refractivity contribution is 5.91. The maximum absolute atomic E-state index is 12.1. The molecule has 0 saturated carbocycles. The second kappa shape index (κ2) is 7.77. The molecule has 23 heavy (non-hydrogen) atoms. The Hall–Kier alpha value is -2.35. The summed E-state index contributed by atoms with van der Waals surface area (Å²) in [5, 5.41) is 14.3. The number of aryl methyl sites for hydroxylation is 1. The predicted octanol–water partition coefficient (Wildman–Crippen LogP) is 0.530. The van der Waals surface area contributed by atoms with Crippen molar-refractivity contribution >= 4 is 5.91 Å². The van der Waals surface area contributed by atoms with Crippen molar-refractivity contribution in [2.45, 2.75) is 44.8 Å². The van der Waals surface area contributed by atoms with E-state index in [9.17, 15) is 4.79 Å². The zero-order chi connectivity index (χ0) is 15.9. The van der Waals surface area contributed by atoms with Crippen molar-refractivity contribution in [3.05, 3.63) is 36.2 Å². The molecule has 1 saturated heterocycles. The van der Waals surface area contributed by atoms with E-state index < -0.39 is 0 Å². The molecule has 1 fully saturated rings. The summed E-state index contributed by atoms with van der Waals surface area (Å²) in [4.78, 5) is 19.9. The molecule has 1 atom stereocenters. The predicted molar refractivity (Wildman–Crippen MR) is 83.5 cm³/mol. The Bertz CT molecular complexity index is 622. The fourth-order valence-electron chi connectivity index (χ4n) is 2.65. The summed E-state index contributed by atoms with van der Waals surface area (Å²) in [6.45, 7) is 2.21. The van der Waals surface area contributed by atoms with E-state index in [1.807, 2.05) is 0 Å². The van der Waals surface area contributed by atoms with Crippen LogP contribution in [0.2, 0.25) is 0 Å². The molecular weight excluding hydrogens is 294 g/mol. The topological polar surface area (TPSA) is 97.6 Å². The highest BCUT2D eigenvalue weighted by Crippen LogP contribution is 2.10. The molecule has 3 rings (SSSR count). The number of carbonyl (C=O) groups excluding carboxylic acids is 1. The van der Waals surface area contributed by atoms with Gasteiger partial charge in [-0.25, -0.2) is 9.97 Å². The van der Waals surface area contributed by atoms with Gasteiger partial charge in [0.05, 0.1) is 18.4 Å². The third-order valence-electron chi connectivity index (χ3n) is 3.96. The van der Waals surface area contributed by atoms with Gasteiger partial charge in [0.25, 0.3) is 5.91 Å². The van der Waals surface area contributed by atoms with Gasteiger partial charge in [0.2, 0.25) is 0 Å². The molecule has 2 aromatic heterocycles. The van der Waals surface area contributed by atoms with E-state index in [0.717, 1.165) is 25.2 Å². The van der Waals surface area contributed by atoms with Gasteiger partial charge in [-0.15, -0.1) is 5.10 Å². The molecule has 1 aliphatic rings. The first-order chi connectivity index (χ1) is 11.3. The second-order valence-electron chi connectivity index (χ2n) is 5.69. The van der Waals surface area contributed by atoms with Crippen LogP contribution in [-0.4, -0.2) is 43.5 Å². The van der Waals surface area contributed by atoms with Gasteiger partial charge in [-0.3, -0.25) is 9.48 Å². The minimum absolute atomic E-state index is 0.245. The van der Waals surface area contributed by atoms with E-state index in [0.29, 0.717) is 18.3 Å². The van der Waals surface area contributed by atoms with E-state index in [-0.39, 0.29) is 5.91 Å². The maximum atomic E-state index is 12.1. The van der Waals surface area contributed by atoms with E-state index in [2.05, 4.69) is 30.9 Å². The first-order valence-electron chi connectivity index (χ1n) is 7.98. The fraction of sp³-hybridized carbons (Fsp3) is 0.533. The molecule has 2 N–H and O–H groups in total. The first-order valence-corrected chi connectivity index (χ1v) is 7.98. The van der Waals surface area contributed by atoms with Crippen molar-refractivity contribution < 1.29 is 4.79 Å². The first kappa shape index (κ1) is 15.5. The van der Waals surface area contributed by atoms with Crippen molar-refractivity contribution in [1.29, 1.82) is 0 Å². The Balaban J connectivity index is 1.47. The Kier molecular flexibility index (Phi) is 5.25. The van der Waals surface area contributed by atoms with Gasteiger partial charge in [-0.05, 0) is 31.9 Å². The second-order valence-corrected chi connectivity index (χ2v) is 5.69. The van der Waals surface area contributed by atoms with Crippen LogP contribution in [0.1, 0.15) is 41.9 Å². The van der Waals surface area contributed by atoms with Crippen LogP contribution in [0.15, 0.2) is 24.8 Å². The summed E-state index contributed by atoms with van der Waals surface area (Å²) in [5.74, 6) is -0.245. The van der Waals surface area contributed by atoms with Gasteiger partial charge in [0.1, 0.15) is 6.33 Å². The molecule has 2 aromatic rings. The minimum Gasteiger partial charge on any atom is -0.345 e. The summed E-state index contributed by atoms with van der Waals surface area (Å²) in [5.41, 5.74) is 1.08. The Morgan fingerprint density at radius 3 is 3.17 bits per heavy atom. The largest absolute Gasteiger partial charge is 0.345 e. The van der Waals surface area contributed by atoms with Gasteiger partial charge in [0, 0.05) is 18.8 Å². The smallest absolute Gasteiger partial charge is 0.273 e. The van der Waals surface area contributed by atoms with Gasteiger partial charge in [0.15, 0.2) is 5.69 Å². The van der Waals surface area contributed by atoms with E-state index >= 15 is 0 Å². The molecule has 0 bridgehead atoms. The van der Waals surface area contributed by atoms with Crippen LogP contribution < -0.4 is 10.6 Å². The third kappa shape index (κ3) is 4.56. The van der Waals surface area contributed by atoms with Crippen LogP contribution >= 0.6 is 0 Å². The number of rotatable bonds is 6. The molecule has 1 aliphatic heterocycles. The van der Waals surface area contributed by atoms with Crippen LogP contribution in [0.4, 0.5) is 0 Å². The molecule has 8 heteroatoms. The Morgan fingerprint density at radius 2 is 2.39 bits per heavy atom. The van der Waals surface area contributed by atoms with Gasteiger partial charge in [-0.2, -0.15) is 0 Å². The lowest BCUT2D eigenvalue weighted by Crippen LogP contribution is -2.34. The fourth-order valence-corrected chi connectivity index (χ4v) is 2.65. The zero-order valence-corrected chi connectivity index (χ0v) is 13.0. The summed E-state index contributed by atoms with van der Waals surface area (Å²) >= 11 is 0. The highest BCUT2D eigenvalue weighted by atomic mass is 16.2. The maximum Gasteiger partial charge on any atom is 0.273 e. The lowest BCUT2D eigenvalue weighted by atomic mass is 10.0. The molecule has 0 aromatic carbocycles. The molecular formula is C15H21N7O. The van der Waals surface area contributed by atoms with Crippen LogP contribution in [-0.2, 0) is 13.1 Å². The lowest BCUT2D eigenvalue weighted by molar-refractivity contribution is 0.0945. The highest BCUT2D eigenvalue weighted by Gasteiger charge is 2.14. The molecule has 0 unspecified atom stereocenters. The van der Waals surface area contributed by atoms with Crippen molar-refractivity contribution in [2.75, 3.05) is 6.54 Å². The molecule has 0 radical (unpaired) electrons. The monoisotopic (exact) mass is 315 g/mol. The number of amides is 1. The van der Waals surface area contributed by atoms with Crippen LogP contribution in [0.25, 0.3) is 0 Å². The number of carbonyl (C=O) groups is 1. The number of hydrogen-bond donors (Lipinski definition) is 2. The minimum atomic E-state index is -0.245. The van der Waals surface area contributed by atoms with E-state index in [4.69, 9.17) is 0 Å². The van der Waals surface area contributed by atoms with E-state index in [1.165, 1.54) is 25.6 Å². The van der Waals surface area contributed by atoms with Crippen molar-refractivity contribution in [2.24, 2.45) is 0 Å². The summed E-state index contributed by atoms with van der Waals surface area (Å²) in [7, 11) is 0. The van der Waals surface area contributed by atoms with Crippen LogP contribution in [0.5, 0.6) is 0 Å².